The van der Waals surface area contributed by atoms with Crippen LogP contribution >= 0.6 is 0 Å². The number of pyridine rings is 1. The van der Waals surface area contributed by atoms with Crippen molar-refractivity contribution in [1.82, 2.24) is 15.6 Å². The van der Waals surface area contributed by atoms with Gasteiger partial charge in [-0.3, -0.25) is 14.6 Å². The molecule has 2 fully saturated rings. The average molecular weight is 333 g/mol. The molecule has 0 radical (unpaired) electrons. The number of carbonyl (C=O) groups is 2. The van der Waals surface area contributed by atoms with Gasteiger partial charge in [-0.2, -0.15) is 0 Å². The van der Waals surface area contributed by atoms with Crippen molar-refractivity contribution < 1.29 is 19.4 Å². The van der Waals surface area contributed by atoms with Crippen molar-refractivity contribution in [3.8, 4) is 0 Å². The number of nitrogens with zero attached hydrogens (tertiary/aromatic N) is 1. The number of rotatable bonds is 5. The van der Waals surface area contributed by atoms with Crippen LogP contribution in [0.4, 0.5) is 0 Å². The maximum Gasteiger partial charge on any atom is 0.251 e. The standard InChI is InChI=1S/C17H23N3O4/c21-15-13(20-17(23)11-3-1-2-4-11)10-24-14(15)9-19-16(22)12-5-7-18-8-6-12/h5-8,11,13-15,21H,1-4,9-10H2,(H,19,22)(H,20,23). The lowest BCUT2D eigenvalue weighted by Gasteiger charge is -2.20. The smallest absolute Gasteiger partial charge is 0.251 e. The van der Waals surface area contributed by atoms with Crippen molar-refractivity contribution in [2.75, 3.05) is 13.2 Å². The zero-order valence-electron chi connectivity index (χ0n) is 13.5. The third-order valence-electron chi connectivity index (χ3n) is 4.74. The summed E-state index contributed by atoms with van der Waals surface area (Å²) in [7, 11) is 0. The summed E-state index contributed by atoms with van der Waals surface area (Å²) in [4.78, 5) is 28.0. The molecule has 1 aliphatic heterocycles. The molecule has 2 amide bonds. The number of nitrogens with one attached hydrogen (secondary N) is 2. The second kappa shape index (κ2) is 7.72. The molecule has 3 rings (SSSR count). The van der Waals surface area contributed by atoms with Crippen LogP contribution in [0.5, 0.6) is 0 Å². The van der Waals surface area contributed by atoms with Gasteiger partial charge in [0.15, 0.2) is 0 Å². The van der Waals surface area contributed by atoms with E-state index >= 15 is 0 Å². The van der Waals surface area contributed by atoms with Gasteiger partial charge in [-0.05, 0) is 25.0 Å². The molecule has 1 aromatic rings. The Bertz CT molecular complexity index is 574. The number of aromatic nitrogens is 1. The Hall–Kier alpha value is -1.99. The Kier molecular flexibility index (Phi) is 5.42. The van der Waals surface area contributed by atoms with E-state index in [4.69, 9.17) is 4.74 Å². The lowest BCUT2D eigenvalue weighted by atomic mass is 10.0. The number of aliphatic hydroxyl groups is 1. The van der Waals surface area contributed by atoms with Crippen molar-refractivity contribution in [3.05, 3.63) is 30.1 Å². The van der Waals surface area contributed by atoms with Crippen LogP contribution in [0.15, 0.2) is 24.5 Å². The average Bonchev–Trinajstić information content (AvgIpc) is 3.25. The summed E-state index contributed by atoms with van der Waals surface area (Å²) in [6, 6.07) is 2.82. The molecule has 1 saturated heterocycles. The van der Waals surface area contributed by atoms with Crippen molar-refractivity contribution in [2.24, 2.45) is 5.92 Å². The van der Waals surface area contributed by atoms with Crippen LogP contribution in [0, 0.1) is 5.92 Å². The molecule has 0 spiro atoms. The molecule has 130 valence electrons. The molecule has 2 heterocycles. The first kappa shape index (κ1) is 16.9. The van der Waals surface area contributed by atoms with Crippen molar-refractivity contribution >= 4 is 11.8 Å². The Morgan fingerprint density at radius 1 is 1.25 bits per heavy atom. The van der Waals surface area contributed by atoms with Gasteiger partial charge in [0.1, 0.15) is 12.2 Å². The molecule has 24 heavy (non-hydrogen) atoms. The van der Waals surface area contributed by atoms with E-state index in [-0.39, 0.29) is 30.9 Å². The third-order valence-corrected chi connectivity index (χ3v) is 4.74. The largest absolute Gasteiger partial charge is 0.388 e. The minimum absolute atomic E-state index is 0.00150. The molecular formula is C17H23N3O4. The molecule has 1 saturated carbocycles. The predicted molar refractivity (Wildman–Crippen MR) is 86.2 cm³/mol. The molecule has 3 atom stereocenters. The molecule has 0 bridgehead atoms. The number of carbonyl (C=O) groups excluding carboxylic acids is 2. The summed E-state index contributed by atoms with van der Waals surface area (Å²) in [6.07, 6.45) is 5.76. The fraction of sp³-hybridized carbons (Fsp3) is 0.588. The predicted octanol–water partition coefficient (Wildman–Crippen LogP) is 0.246. The minimum Gasteiger partial charge on any atom is -0.388 e. The van der Waals surface area contributed by atoms with Gasteiger partial charge >= 0.3 is 0 Å². The molecule has 3 N–H and O–H groups in total. The van der Waals surface area contributed by atoms with Crippen molar-refractivity contribution in [3.63, 3.8) is 0 Å². The van der Waals surface area contributed by atoms with Crippen LogP contribution in [0.3, 0.4) is 0 Å². The topological polar surface area (TPSA) is 101 Å². The van der Waals surface area contributed by atoms with E-state index < -0.39 is 18.2 Å². The SMILES string of the molecule is O=C(NCC1OCC(NC(=O)C2CCCC2)C1O)c1ccncc1. The Morgan fingerprint density at radius 2 is 1.96 bits per heavy atom. The van der Waals surface area contributed by atoms with E-state index in [1.54, 1.807) is 24.5 Å². The van der Waals surface area contributed by atoms with Crippen molar-refractivity contribution in [2.45, 2.75) is 43.9 Å². The van der Waals surface area contributed by atoms with E-state index in [9.17, 15) is 14.7 Å². The zero-order chi connectivity index (χ0) is 16.9. The number of hydrogen-bond acceptors (Lipinski definition) is 5. The fourth-order valence-electron chi connectivity index (χ4n) is 3.28. The van der Waals surface area contributed by atoms with Gasteiger partial charge in [-0.15, -0.1) is 0 Å². The summed E-state index contributed by atoms with van der Waals surface area (Å²) in [5.41, 5.74) is 0.503. The maximum absolute atomic E-state index is 12.2. The molecule has 2 aliphatic rings. The van der Waals surface area contributed by atoms with E-state index in [0.29, 0.717) is 5.56 Å². The Morgan fingerprint density at radius 3 is 2.67 bits per heavy atom. The highest BCUT2D eigenvalue weighted by molar-refractivity contribution is 5.93. The maximum atomic E-state index is 12.2. The lowest BCUT2D eigenvalue weighted by Crippen LogP contribution is -2.48. The highest BCUT2D eigenvalue weighted by Crippen LogP contribution is 2.25. The van der Waals surface area contributed by atoms with Crippen LogP contribution in [0.1, 0.15) is 36.0 Å². The van der Waals surface area contributed by atoms with Gasteiger partial charge in [-0.25, -0.2) is 0 Å². The number of amides is 2. The lowest BCUT2D eigenvalue weighted by molar-refractivity contribution is -0.126. The second-order valence-corrected chi connectivity index (χ2v) is 6.40. The first-order valence-electron chi connectivity index (χ1n) is 8.43. The first-order chi connectivity index (χ1) is 11.6. The van der Waals surface area contributed by atoms with Gasteiger partial charge in [0.05, 0.1) is 12.6 Å². The Balaban J connectivity index is 1.46. The molecule has 1 aliphatic carbocycles. The first-order valence-corrected chi connectivity index (χ1v) is 8.43. The molecule has 3 unspecified atom stereocenters. The van der Waals surface area contributed by atoms with Gasteiger partial charge in [-0.1, -0.05) is 12.8 Å². The number of aliphatic hydroxyl groups excluding tert-OH is 1. The van der Waals surface area contributed by atoms with Crippen LogP contribution in [-0.4, -0.2) is 53.3 Å². The zero-order valence-corrected chi connectivity index (χ0v) is 13.5. The summed E-state index contributed by atoms with van der Waals surface area (Å²) in [5.74, 6) is -0.184. The van der Waals surface area contributed by atoms with Gasteiger partial charge in [0.25, 0.3) is 5.91 Å². The highest BCUT2D eigenvalue weighted by atomic mass is 16.5. The van der Waals surface area contributed by atoms with E-state index in [1.165, 1.54) is 0 Å². The van der Waals surface area contributed by atoms with E-state index in [2.05, 4.69) is 15.6 Å². The van der Waals surface area contributed by atoms with E-state index in [0.717, 1.165) is 25.7 Å². The van der Waals surface area contributed by atoms with Gasteiger partial charge in [0.2, 0.25) is 5.91 Å². The summed E-state index contributed by atoms with van der Waals surface area (Å²) < 4.78 is 5.54. The van der Waals surface area contributed by atoms with Crippen LogP contribution in [0.2, 0.25) is 0 Å². The monoisotopic (exact) mass is 333 g/mol. The van der Waals surface area contributed by atoms with E-state index in [1.807, 2.05) is 0 Å². The van der Waals surface area contributed by atoms with Crippen LogP contribution in [0.25, 0.3) is 0 Å². The summed E-state index contributed by atoms with van der Waals surface area (Å²) in [5, 5.41) is 15.9. The summed E-state index contributed by atoms with van der Waals surface area (Å²) >= 11 is 0. The number of ether oxygens (including phenoxy) is 1. The highest BCUT2D eigenvalue weighted by Gasteiger charge is 2.38. The fourth-order valence-corrected chi connectivity index (χ4v) is 3.28. The molecule has 1 aromatic heterocycles. The number of hydrogen-bond donors (Lipinski definition) is 3. The molecule has 7 nitrogen and oxygen atoms in total. The Labute approximate surface area is 140 Å². The second-order valence-electron chi connectivity index (χ2n) is 6.40. The van der Waals surface area contributed by atoms with Gasteiger partial charge < -0.3 is 20.5 Å². The normalized spacial score (nSPS) is 27.1. The van der Waals surface area contributed by atoms with Gasteiger partial charge in [0, 0.05) is 30.4 Å². The van der Waals surface area contributed by atoms with Crippen LogP contribution in [-0.2, 0) is 9.53 Å². The summed E-state index contributed by atoms with van der Waals surface area (Å²) in [6.45, 7) is 0.452. The quantitative estimate of drug-likeness (QED) is 0.717. The minimum atomic E-state index is -0.826. The van der Waals surface area contributed by atoms with Crippen LogP contribution < -0.4 is 10.6 Å². The molecular weight excluding hydrogens is 310 g/mol. The third kappa shape index (κ3) is 3.91. The molecule has 0 aromatic carbocycles. The van der Waals surface area contributed by atoms with Crippen molar-refractivity contribution in [1.29, 1.82) is 0 Å². The molecule has 7 heteroatoms.